The number of rotatable bonds is 3. The van der Waals surface area contributed by atoms with Gasteiger partial charge >= 0.3 is 5.69 Å². The second-order valence-corrected chi connectivity index (χ2v) is 8.60. The second-order valence-electron chi connectivity index (χ2n) is 8.60. The lowest BCUT2D eigenvalue weighted by molar-refractivity contribution is -0.130. The van der Waals surface area contributed by atoms with Crippen molar-refractivity contribution in [3.05, 3.63) is 46.5 Å². The molecule has 11 nitrogen and oxygen atoms in total. The molecule has 11 heteroatoms. The van der Waals surface area contributed by atoms with E-state index in [2.05, 4.69) is 20.4 Å². The highest BCUT2D eigenvalue weighted by atomic mass is 16.2. The first-order chi connectivity index (χ1) is 14.9. The van der Waals surface area contributed by atoms with Crippen molar-refractivity contribution >= 4 is 17.5 Å². The molecule has 0 aromatic carbocycles. The lowest BCUT2D eigenvalue weighted by Crippen LogP contribution is -2.47. The van der Waals surface area contributed by atoms with Crippen LogP contribution in [0.15, 0.2) is 29.5 Å². The van der Waals surface area contributed by atoms with Crippen LogP contribution in [0.2, 0.25) is 0 Å². The Bertz CT molecular complexity index is 1210. The SMILES string of the molecule is Cn1cnnc1CC(=O)N1CCC2(CCCN(C(=O)c3ccn4c(=O)[nH]nc4c3)C2)C1. The lowest BCUT2D eigenvalue weighted by atomic mass is 9.79. The van der Waals surface area contributed by atoms with E-state index in [1.807, 2.05) is 16.8 Å². The number of amides is 2. The molecule has 0 radical (unpaired) electrons. The molecule has 2 saturated heterocycles. The Hall–Kier alpha value is -3.50. The molecule has 1 atom stereocenters. The van der Waals surface area contributed by atoms with Crippen LogP contribution < -0.4 is 5.69 Å². The molecule has 1 spiro atoms. The van der Waals surface area contributed by atoms with E-state index in [0.717, 1.165) is 19.3 Å². The Morgan fingerprint density at radius 2 is 2.03 bits per heavy atom. The molecule has 3 aromatic rings. The predicted octanol–water partition coefficient (Wildman–Crippen LogP) is -0.151. The zero-order valence-electron chi connectivity index (χ0n) is 17.3. The van der Waals surface area contributed by atoms with E-state index >= 15 is 0 Å². The summed E-state index contributed by atoms with van der Waals surface area (Å²) in [6, 6.07) is 3.28. The summed E-state index contributed by atoms with van der Waals surface area (Å²) < 4.78 is 3.13. The van der Waals surface area contributed by atoms with E-state index in [1.54, 1.807) is 29.2 Å². The van der Waals surface area contributed by atoms with Crippen molar-refractivity contribution in [2.45, 2.75) is 25.7 Å². The third kappa shape index (κ3) is 3.49. The van der Waals surface area contributed by atoms with Crippen LogP contribution >= 0.6 is 0 Å². The number of fused-ring (bicyclic) bond motifs is 1. The zero-order chi connectivity index (χ0) is 21.6. The monoisotopic (exact) mass is 424 g/mol. The smallest absolute Gasteiger partial charge is 0.342 e. The minimum atomic E-state index is -0.331. The van der Waals surface area contributed by atoms with E-state index in [9.17, 15) is 14.4 Å². The number of hydrogen-bond acceptors (Lipinski definition) is 6. The summed E-state index contributed by atoms with van der Waals surface area (Å²) in [5.41, 5.74) is 0.528. The maximum Gasteiger partial charge on any atom is 0.347 e. The van der Waals surface area contributed by atoms with Gasteiger partial charge in [0.15, 0.2) is 5.65 Å². The average Bonchev–Trinajstić information content (AvgIpc) is 3.47. The second kappa shape index (κ2) is 7.33. The molecule has 31 heavy (non-hydrogen) atoms. The van der Waals surface area contributed by atoms with Gasteiger partial charge in [-0.2, -0.15) is 5.10 Å². The number of nitrogens with one attached hydrogen (secondary N) is 1. The van der Waals surface area contributed by atoms with Gasteiger partial charge in [-0.3, -0.25) is 14.0 Å². The van der Waals surface area contributed by atoms with Crippen LogP contribution in [0.4, 0.5) is 0 Å². The molecule has 0 aliphatic carbocycles. The Morgan fingerprint density at radius 1 is 1.19 bits per heavy atom. The third-order valence-electron chi connectivity index (χ3n) is 6.52. The molecule has 1 N–H and O–H groups in total. The van der Waals surface area contributed by atoms with Crippen molar-refractivity contribution in [1.29, 1.82) is 0 Å². The van der Waals surface area contributed by atoms with Gasteiger partial charge in [0.1, 0.15) is 12.2 Å². The summed E-state index contributed by atoms with van der Waals surface area (Å²) in [7, 11) is 1.83. The number of pyridine rings is 1. The molecule has 2 aliphatic heterocycles. The van der Waals surface area contributed by atoms with Crippen molar-refractivity contribution in [2.24, 2.45) is 12.5 Å². The van der Waals surface area contributed by atoms with Gasteiger partial charge in [0.05, 0.1) is 6.42 Å². The highest BCUT2D eigenvalue weighted by molar-refractivity contribution is 5.95. The first-order valence-corrected chi connectivity index (χ1v) is 10.4. The average molecular weight is 424 g/mol. The van der Waals surface area contributed by atoms with Crippen LogP contribution in [0.5, 0.6) is 0 Å². The summed E-state index contributed by atoms with van der Waals surface area (Å²) in [5.74, 6) is 0.631. The highest BCUT2D eigenvalue weighted by Crippen LogP contribution is 2.39. The molecule has 0 bridgehead atoms. The van der Waals surface area contributed by atoms with Gasteiger partial charge in [-0.05, 0) is 31.4 Å². The molecular formula is C20H24N8O3. The standard InChI is InChI=1S/C20H24N8O3/c1-25-13-21-22-15(25)10-17(29)26-8-5-20(11-26)4-2-6-27(12-20)18(30)14-3-7-28-16(9-14)23-24-19(28)31/h3,7,9,13H,2,4-6,8,10-12H2,1H3,(H,24,31). The highest BCUT2D eigenvalue weighted by Gasteiger charge is 2.44. The van der Waals surface area contributed by atoms with Crippen molar-refractivity contribution < 1.29 is 9.59 Å². The van der Waals surface area contributed by atoms with Gasteiger partial charge in [0.25, 0.3) is 5.91 Å². The van der Waals surface area contributed by atoms with Gasteiger partial charge in [-0.25, -0.2) is 9.89 Å². The van der Waals surface area contributed by atoms with Crippen LogP contribution in [-0.2, 0) is 18.3 Å². The van der Waals surface area contributed by atoms with Crippen molar-refractivity contribution in [1.82, 2.24) is 39.2 Å². The Labute approximate surface area is 177 Å². The molecule has 1 unspecified atom stereocenters. The molecule has 2 fully saturated rings. The predicted molar refractivity (Wildman–Crippen MR) is 109 cm³/mol. The fourth-order valence-electron chi connectivity index (χ4n) is 4.80. The quantitative estimate of drug-likeness (QED) is 0.624. The number of carbonyl (C=O) groups is 2. The molecule has 5 rings (SSSR count). The van der Waals surface area contributed by atoms with Gasteiger partial charge in [0, 0.05) is 50.4 Å². The maximum absolute atomic E-state index is 13.2. The number of hydrogen-bond donors (Lipinski definition) is 1. The molecule has 5 heterocycles. The van der Waals surface area contributed by atoms with Gasteiger partial charge < -0.3 is 14.4 Å². The minimum Gasteiger partial charge on any atom is -0.342 e. The topological polar surface area (TPSA) is 121 Å². The number of likely N-dealkylation sites (tertiary alicyclic amines) is 2. The summed E-state index contributed by atoms with van der Waals surface area (Å²) in [6.07, 6.45) is 6.18. The first kappa shape index (κ1) is 19.5. The van der Waals surface area contributed by atoms with E-state index in [4.69, 9.17) is 0 Å². The van der Waals surface area contributed by atoms with E-state index in [0.29, 0.717) is 43.2 Å². The van der Waals surface area contributed by atoms with Crippen molar-refractivity contribution in [3.63, 3.8) is 0 Å². The van der Waals surface area contributed by atoms with E-state index in [-0.39, 0.29) is 29.3 Å². The van der Waals surface area contributed by atoms with Gasteiger partial charge in [-0.15, -0.1) is 10.2 Å². The number of carbonyl (C=O) groups excluding carboxylic acids is 2. The number of piperidine rings is 1. The molecular weight excluding hydrogens is 400 g/mol. The Balaban J connectivity index is 1.28. The fraction of sp³-hybridized carbons (Fsp3) is 0.500. The maximum atomic E-state index is 13.2. The largest absolute Gasteiger partial charge is 0.347 e. The minimum absolute atomic E-state index is 0.0471. The fourth-order valence-corrected chi connectivity index (χ4v) is 4.80. The van der Waals surface area contributed by atoms with Crippen LogP contribution in [0.3, 0.4) is 0 Å². The van der Waals surface area contributed by atoms with Crippen LogP contribution in [0, 0.1) is 5.41 Å². The molecule has 3 aromatic heterocycles. The number of aromatic nitrogens is 6. The summed E-state index contributed by atoms with van der Waals surface area (Å²) in [5, 5.41) is 14.2. The summed E-state index contributed by atoms with van der Waals surface area (Å²) in [6.45, 7) is 2.66. The Morgan fingerprint density at radius 3 is 2.84 bits per heavy atom. The first-order valence-electron chi connectivity index (χ1n) is 10.4. The van der Waals surface area contributed by atoms with Gasteiger partial charge in [-0.1, -0.05) is 0 Å². The van der Waals surface area contributed by atoms with Crippen LogP contribution in [0.25, 0.3) is 5.65 Å². The lowest BCUT2D eigenvalue weighted by Gasteiger charge is -2.40. The molecule has 0 saturated carbocycles. The van der Waals surface area contributed by atoms with Crippen LogP contribution in [-0.4, -0.2) is 77.2 Å². The number of nitrogens with zero attached hydrogens (tertiary/aromatic N) is 7. The molecule has 162 valence electrons. The number of H-pyrrole nitrogens is 1. The van der Waals surface area contributed by atoms with Crippen molar-refractivity contribution in [2.75, 3.05) is 26.2 Å². The molecule has 2 aliphatic rings. The number of aromatic amines is 1. The zero-order valence-corrected chi connectivity index (χ0v) is 17.3. The van der Waals surface area contributed by atoms with Gasteiger partial charge in [0.2, 0.25) is 5.91 Å². The normalized spacial score (nSPS) is 21.3. The van der Waals surface area contributed by atoms with E-state index in [1.165, 1.54) is 4.40 Å². The summed E-state index contributed by atoms with van der Waals surface area (Å²) >= 11 is 0. The van der Waals surface area contributed by atoms with Crippen molar-refractivity contribution in [3.8, 4) is 0 Å². The van der Waals surface area contributed by atoms with E-state index < -0.39 is 0 Å². The number of aryl methyl sites for hydroxylation is 1. The third-order valence-corrected chi connectivity index (χ3v) is 6.52. The molecule has 2 amide bonds. The summed E-state index contributed by atoms with van der Waals surface area (Å²) in [4.78, 5) is 41.3. The Kier molecular flexibility index (Phi) is 4.60. The van der Waals surface area contributed by atoms with Crippen LogP contribution in [0.1, 0.15) is 35.4 Å².